The van der Waals surface area contributed by atoms with Crippen LogP contribution in [-0.2, 0) is 0 Å². The number of hydrogen-bond acceptors (Lipinski definition) is 4. The molecule has 0 radical (unpaired) electrons. The highest BCUT2D eigenvalue weighted by atomic mass is 19.4. The maximum atomic E-state index is 12.1. The first-order valence-electron chi connectivity index (χ1n) is 4.58. The lowest BCUT2D eigenvalue weighted by atomic mass is 10.3. The van der Waals surface area contributed by atoms with E-state index in [-0.39, 0.29) is 5.69 Å². The van der Waals surface area contributed by atoms with Crippen LogP contribution in [0.3, 0.4) is 0 Å². The van der Waals surface area contributed by atoms with Gasteiger partial charge in [-0.05, 0) is 12.1 Å². The highest BCUT2D eigenvalue weighted by molar-refractivity contribution is 5.92. The Bertz CT molecular complexity index is 407. The minimum Gasteiger partial charge on any atom is -0.331 e. The van der Waals surface area contributed by atoms with Crippen LogP contribution in [0.4, 0.5) is 18.9 Å². The summed E-state index contributed by atoms with van der Waals surface area (Å²) in [6.07, 6.45) is -3.15. The van der Waals surface area contributed by atoms with Crippen molar-refractivity contribution in [3.05, 3.63) is 24.0 Å². The first-order chi connectivity index (χ1) is 7.83. The average Bonchev–Trinajstić information content (AvgIpc) is 2.26. The van der Waals surface area contributed by atoms with Gasteiger partial charge >= 0.3 is 6.18 Å². The summed E-state index contributed by atoms with van der Waals surface area (Å²) in [6, 6.07) is 2.76. The van der Waals surface area contributed by atoms with E-state index in [1.807, 2.05) is 0 Å². The van der Waals surface area contributed by atoms with E-state index < -0.39 is 18.6 Å². The van der Waals surface area contributed by atoms with Gasteiger partial charge in [-0.3, -0.25) is 15.6 Å². The van der Waals surface area contributed by atoms with Crippen molar-refractivity contribution in [2.75, 3.05) is 19.0 Å². The Kier molecular flexibility index (Phi) is 3.89. The van der Waals surface area contributed by atoms with Gasteiger partial charge in [0.05, 0.1) is 5.69 Å². The van der Waals surface area contributed by atoms with Gasteiger partial charge in [-0.2, -0.15) is 13.2 Å². The number of nitrogens with zero attached hydrogens (tertiary/aromatic N) is 2. The van der Waals surface area contributed by atoms with Crippen LogP contribution in [0.2, 0.25) is 0 Å². The number of carbonyl (C=O) groups excluding carboxylic acids is 1. The molecule has 0 aromatic carbocycles. The fourth-order valence-corrected chi connectivity index (χ4v) is 1.17. The molecule has 0 aliphatic heterocycles. The Morgan fingerprint density at radius 2 is 2.24 bits per heavy atom. The van der Waals surface area contributed by atoms with Crippen molar-refractivity contribution in [3.63, 3.8) is 0 Å². The maximum absolute atomic E-state index is 12.1. The lowest BCUT2D eigenvalue weighted by Gasteiger charge is -2.18. The number of alkyl halides is 3. The molecular weight excluding hydrogens is 237 g/mol. The van der Waals surface area contributed by atoms with Gasteiger partial charge in [0, 0.05) is 13.2 Å². The van der Waals surface area contributed by atoms with Gasteiger partial charge in [0.15, 0.2) is 0 Å². The topological polar surface area (TPSA) is 71.2 Å². The summed E-state index contributed by atoms with van der Waals surface area (Å²) < 4.78 is 36.2. The molecular formula is C9H11F3N4O. The summed E-state index contributed by atoms with van der Waals surface area (Å²) in [5.74, 6) is 4.29. The van der Waals surface area contributed by atoms with Crippen molar-refractivity contribution in [1.82, 2.24) is 9.88 Å². The lowest BCUT2D eigenvalue weighted by Crippen LogP contribution is -2.36. The first kappa shape index (κ1) is 13.2. The number of nitrogens with two attached hydrogens (primary N) is 1. The highest BCUT2D eigenvalue weighted by Crippen LogP contribution is 2.17. The zero-order valence-electron chi connectivity index (χ0n) is 8.95. The zero-order chi connectivity index (χ0) is 13.1. The molecule has 0 saturated heterocycles. The van der Waals surface area contributed by atoms with E-state index in [0.717, 1.165) is 7.05 Å². The third kappa shape index (κ3) is 3.91. The molecule has 0 aliphatic carbocycles. The number of carbonyl (C=O) groups is 1. The number of rotatable bonds is 3. The molecule has 1 heterocycles. The molecule has 0 spiro atoms. The lowest BCUT2D eigenvalue weighted by molar-refractivity contribution is -0.138. The number of aromatic nitrogens is 1. The third-order valence-electron chi connectivity index (χ3n) is 1.91. The van der Waals surface area contributed by atoms with Crippen molar-refractivity contribution in [1.29, 1.82) is 0 Å². The zero-order valence-corrected chi connectivity index (χ0v) is 8.95. The van der Waals surface area contributed by atoms with Crippen LogP contribution < -0.4 is 11.3 Å². The van der Waals surface area contributed by atoms with E-state index in [0.29, 0.717) is 10.6 Å². The summed E-state index contributed by atoms with van der Waals surface area (Å²) in [5, 5.41) is 0. The predicted octanol–water partition coefficient (Wildman–Crippen LogP) is 1.00. The summed E-state index contributed by atoms with van der Waals surface area (Å²) in [4.78, 5) is 15.8. The molecule has 5 nitrogen and oxygen atoms in total. The number of hydrogen-bond donors (Lipinski definition) is 2. The summed E-state index contributed by atoms with van der Waals surface area (Å²) >= 11 is 0. The van der Waals surface area contributed by atoms with Crippen LogP contribution in [0.5, 0.6) is 0 Å². The normalized spacial score (nSPS) is 11.1. The molecule has 0 aliphatic rings. The van der Waals surface area contributed by atoms with Crippen molar-refractivity contribution in [2.24, 2.45) is 5.84 Å². The second-order valence-electron chi connectivity index (χ2n) is 3.35. The number of amides is 1. The number of nitrogens with one attached hydrogen (secondary N) is 1. The Hall–Kier alpha value is -1.83. The van der Waals surface area contributed by atoms with E-state index in [1.165, 1.54) is 18.3 Å². The van der Waals surface area contributed by atoms with Gasteiger partial charge in [-0.1, -0.05) is 0 Å². The third-order valence-corrected chi connectivity index (χ3v) is 1.91. The quantitative estimate of drug-likeness (QED) is 0.618. The summed E-state index contributed by atoms with van der Waals surface area (Å²) in [6.45, 7) is -1.33. The van der Waals surface area contributed by atoms with Gasteiger partial charge in [0.1, 0.15) is 12.2 Å². The molecule has 1 aromatic rings. The summed E-state index contributed by atoms with van der Waals surface area (Å²) in [7, 11) is 1.06. The molecule has 1 amide bonds. The van der Waals surface area contributed by atoms with Crippen LogP contribution in [0.15, 0.2) is 18.3 Å². The summed E-state index contributed by atoms with van der Waals surface area (Å²) in [5.41, 5.74) is 2.56. The van der Waals surface area contributed by atoms with E-state index in [9.17, 15) is 18.0 Å². The van der Waals surface area contributed by atoms with Crippen molar-refractivity contribution < 1.29 is 18.0 Å². The number of nitrogen functional groups attached to an aromatic ring is 1. The Morgan fingerprint density at radius 3 is 2.76 bits per heavy atom. The number of pyridine rings is 1. The van der Waals surface area contributed by atoms with Gasteiger partial charge < -0.3 is 10.3 Å². The molecule has 3 N–H and O–H groups in total. The molecule has 8 heteroatoms. The van der Waals surface area contributed by atoms with Crippen LogP contribution in [0.1, 0.15) is 10.5 Å². The van der Waals surface area contributed by atoms with Gasteiger partial charge in [0.25, 0.3) is 5.91 Å². The average molecular weight is 248 g/mol. The van der Waals surface area contributed by atoms with Crippen molar-refractivity contribution in [3.8, 4) is 0 Å². The standard InChI is InChI=1S/C9H11F3N4O/c1-16(5-9(10,11)12)8(17)7-4-6(15-13)2-3-14-7/h2-4H,5,13H2,1H3,(H,14,15). The minimum absolute atomic E-state index is 0.104. The largest absolute Gasteiger partial charge is 0.406 e. The van der Waals surface area contributed by atoms with Crippen LogP contribution in [0, 0.1) is 0 Å². The number of halogens is 3. The van der Waals surface area contributed by atoms with E-state index in [1.54, 1.807) is 0 Å². The van der Waals surface area contributed by atoms with E-state index >= 15 is 0 Å². The molecule has 94 valence electrons. The van der Waals surface area contributed by atoms with Gasteiger partial charge in [-0.15, -0.1) is 0 Å². The Labute approximate surface area is 95.4 Å². The highest BCUT2D eigenvalue weighted by Gasteiger charge is 2.31. The van der Waals surface area contributed by atoms with Gasteiger partial charge in [-0.25, -0.2) is 0 Å². The minimum atomic E-state index is -4.44. The molecule has 17 heavy (non-hydrogen) atoms. The molecule has 0 fully saturated rings. The molecule has 0 bridgehead atoms. The van der Waals surface area contributed by atoms with Crippen LogP contribution in [-0.4, -0.2) is 35.6 Å². The fourth-order valence-electron chi connectivity index (χ4n) is 1.17. The SMILES string of the molecule is CN(CC(F)(F)F)C(=O)c1cc(NN)ccn1. The fraction of sp³-hybridized carbons (Fsp3) is 0.333. The number of hydrazine groups is 1. The Morgan fingerprint density at radius 1 is 1.59 bits per heavy atom. The van der Waals surface area contributed by atoms with E-state index in [2.05, 4.69) is 10.4 Å². The second-order valence-corrected chi connectivity index (χ2v) is 3.35. The molecule has 0 atom stereocenters. The maximum Gasteiger partial charge on any atom is 0.406 e. The molecule has 0 saturated carbocycles. The number of anilines is 1. The second kappa shape index (κ2) is 5.00. The molecule has 1 aromatic heterocycles. The monoisotopic (exact) mass is 248 g/mol. The first-order valence-corrected chi connectivity index (χ1v) is 4.58. The molecule has 1 rings (SSSR count). The Balaban J connectivity index is 2.81. The molecule has 0 unspecified atom stereocenters. The van der Waals surface area contributed by atoms with Crippen molar-refractivity contribution >= 4 is 11.6 Å². The van der Waals surface area contributed by atoms with Crippen LogP contribution in [0.25, 0.3) is 0 Å². The van der Waals surface area contributed by atoms with E-state index in [4.69, 9.17) is 5.84 Å². The van der Waals surface area contributed by atoms with Crippen LogP contribution >= 0.6 is 0 Å². The van der Waals surface area contributed by atoms with Gasteiger partial charge in [0.2, 0.25) is 0 Å². The smallest absolute Gasteiger partial charge is 0.331 e. The predicted molar refractivity (Wildman–Crippen MR) is 55.1 cm³/mol. The van der Waals surface area contributed by atoms with Crippen molar-refractivity contribution in [2.45, 2.75) is 6.18 Å².